The fraction of sp³-hybridized carbons (Fsp3) is 0.235. The number of amides is 1. The maximum atomic E-state index is 12.7. The molecule has 2 rings (SSSR count). The molecule has 26 heavy (non-hydrogen) atoms. The number of carbonyl (C=O) groups excluding carboxylic acids is 1. The van der Waals surface area contributed by atoms with Gasteiger partial charge in [-0.1, -0.05) is 15.9 Å². The molecule has 0 aliphatic heterocycles. The molecule has 0 aliphatic rings. The van der Waals surface area contributed by atoms with Crippen LogP contribution in [0.4, 0.5) is 0 Å². The number of hydrogen-bond donors (Lipinski definition) is 3. The lowest BCUT2D eigenvalue weighted by molar-refractivity contribution is -0.121. The highest BCUT2D eigenvalue weighted by atomic mass is 79.9. The Balaban J connectivity index is 2.48. The average molecular weight is 422 g/mol. The molecule has 9 heteroatoms. The maximum absolute atomic E-state index is 12.7. The number of fused-ring (bicyclic) bond motifs is 1. The maximum Gasteiger partial charge on any atom is 0.275 e. The van der Waals surface area contributed by atoms with E-state index in [0.29, 0.717) is 22.2 Å². The minimum absolute atomic E-state index is 0.274. The second-order valence-electron chi connectivity index (χ2n) is 5.45. The molecular weight excluding hydrogens is 402 g/mol. The quantitative estimate of drug-likeness (QED) is 0.602. The van der Waals surface area contributed by atoms with Gasteiger partial charge in [-0.15, -0.1) is 0 Å². The second kappa shape index (κ2) is 8.63. The molecule has 1 aromatic carbocycles. The summed E-state index contributed by atoms with van der Waals surface area (Å²) in [5.74, 6) is -0.457. The van der Waals surface area contributed by atoms with E-state index in [1.807, 2.05) is 6.92 Å². The molecule has 0 fully saturated rings. The van der Waals surface area contributed by atoms with E-state index in [0.717, 1.165) is 9.15 Å². The van der Waals surface area contributed by atoms with Crippen molar-refractivity contribution in [3.8, 4) is 0 Å². The molecule has 0 bridgehead atoms. The fourth-order valence-electron chi connectivity index (χ4n) is 2.38. The van der Waals surface area contributed by atoms with Gasteiger partial charge >= 0.3 is 0 Å². The Morgan fingerprint density at radius 2 is 2.15 bits per heavy atom. The lowest BCUT2D eigenvalue weighted by Gasteiger charge is -2.15. The SMILES string of the molecule is COC(C)c1nn(CC(=O)NC(/C=C\N)=C/N)c(=O)c2ccc(Br)cc12. The Morgan fingerprint density at radius 1 is 1.42 bits per heavy atom. The zero-order valence-corrected chi connectivity index (χ0v) is 16.0. The van der Waals surface area contributed by atoms with Gasteiger partial charge in [-0.2, -0.15) is 5.10 Å². The Labute approximate surface area is 158 Å². The number of ether oxygens (including phenoxy) is 1. The van der Waals surface area contributed by atoms with Crippen LogP contribution >= 0.6 is 15.9 Å². The van der Waals surface area contributed by atoms with E-state index in [1.165, 1.54) is 18.5 Å². The molecule has 0 saturated heterocycles. The van der Waals surface area contributed by atoms with Gasteiger partial charge in [0, 0.05) is 23.2 Å². The van der Waals surface area contributed by atoms with Crippen LogP contribution in [0.15, 0.2) is 51.6 Å². The van der Waals surface area contributed by atoms with Gasteiger partial charge in [0.25, 0.3) is 5.56 Å². The number of halogens is 1. The van der Waals surface area contributed by atoms with Gasteiger partial charge in [-0.3, -0.25) is 9.59 Å². The van der Waals surface area contributed by atoms with Crippen LogP contribution in [0.5, 0.6) is 0 Å². The predicted octanol–water partition coefficient (Wildman–Crippen LogP) is 1.26. The first-order valence-electron chi connectivity index (χ1n) is 7.74. The Hall–Kier alpha value is -2.65. The van der Waals surface area contributed by atoms with E-state index >= 15 is 0 Å². The molecule has 1 aromatic heterocycles. The van der Waals surface area contributed by atoms with Gasteiger partial charge in [0.15, 0.2) is 0 Å². The Morgan fingerprint density at radius 3 is 2.77 bits per heavy atom. The van der Waals surface area contributed by atoms with Gasteiger partial charge in [0.1, 0.15) is 6.54 Å². The topological polar surface area (TPSA) is 125 Å². The number of nitrogens with one attached hydrogen (secondary N) is 1. The highest BCUT2D eigenvalue weighted by molar-refractivity contribution is 9.10. The molecule has 138 valence electrons. The van der Waals surface area contributed by atoms with Gasteiger partial charge in [0.05, 0.1) is 22.9 Å². The van der Waals surface area contributed by atoms with Crippen LogP contribution in [0, 0.1) is 0 Å². The third-order valence-corrected chi connectivity index (χ3v) is 4.22. The molecule has 5 N–H and O–H groups in total. The van der Waals surface area contributed by atoms with E-state index in [2.05, 4.69) is 26.3 Å². The molecule has 0 aliphatic carbocycles. The average Bonchev–Trinajstić information content (AvgIpc) is 2.62. The van der Waals surface area contributed by atoms with Crippen LogP contribution in [-0.2, 0) is 16.1 Å². The van der Waals surface area contributed by atoms with Crippen LogP contribution in [0.1, 0.15) is 18.7 Å². The van der Waals surface area contributed by atoms with E-state index in [1.54, 1.807) is 25.3 Å². The number of aromatic nitrogens is 2. The number of benzene rings is 1. The molecule has 0 saturated carbocycles. The summed E-state index contributed by atoms with van der Waals surface area (Å²) in [4.78, 5) is 24.9. The second-order valence-corrected chi connectivity index (χ2v) is 6.36. The molecule has 1 heterocycles. The third kappa shape index (κ3) is 4.30. The zero-order valence-electron chi connectivity index (χ0n) is 14.4. The van der Waals surface area contributed by atoms with E-state index < -0.39 is 5.91 Å². The summed E-state index contributed by atoms with van der Waals surface area (Å²) in [5.41, 5.74) is 11.2. The third-order valence-electron chi connectivity index (χ3n) is 3.72. The van der Waals surface area contributed by atoms with Crippen LogP contribution in [0.3, 0.4) is 0 Å². The standard InChI is InChI=1S/C17H20BrN5O3/c1-10(26-2)16-14-7-11(18)3-4-13(14)17(25)23(22-16)9-15(24)21-12(8-20)5-6-19/h3-8,10H,9,19-20H2,1-2H3,(H,21,24)/b6-5-,12-8+. The van der Waals surface area contributed by atoms with Gasteiger partial charge in [0.2, 0.25) is 5.91 Å². The van der Waals surface area contributed by atoms with Crippen LogP contribution in [-0.4, -0.2) is 22.8 Å². The summed E-state index contributed by atoms with van der Waals surface area (Å²) in [6, 6.07) is 5.25. The van der Waals surface area contributed by atoms with Crippen molar-refractivity contribution in [2.24, 2.45) is 11.5 Å². The predicted molar refractivity (Wildman–Crippen MR) is 103 cm³/mol. The van der Waals surface area contributed by atoms with Crippen LogP contribution in [0.2, 0.25) is 0 Å². The molecular formula is C17H20BrN5O3. The first-order valence-corrected chi connectivity index (χ1v) is 8.53. The Kier molecular flexibility index (Phi) is 6.53. The van der Waals surface area contributed by atoms with E-state index in [9.17, 15) is 9.59 Å². The van der Waals surface area contributed by atoms with Crippen molar-refractivity contribution in [1.29, 1.82) is 0 Å². The summed E-state index contributed by atoms with van der Waals surface area (Å²) < 4.78 is 7.28. The lowest BCUT2D eigenvalue weighted by atomic mass is 10.1. The fourth-order valence-corrected chi connectivity index (χ4v) is 2.74. The number of methoxy groups -OCH3 is 1. The van der Waals surface area contributed by atoms with Crippen molar-refractivity contribution < 1.29 is 9.53 Å². The molecule has 8 nitrogen and oxygen atoms in total. The molecule has 0 radical (unpaired) electrons. The van der Waals surface area contributed by atoms with Crippen molar-refractivity contribution in [3.63, 3.8) is 0 Å². The molecule has 2 aromatic rings. The van der Waals surface area contributed by atoms with Crippen molar-refractivity contribution in [1.82, 2.24) is 15.1 Å². The molecule has 1 amide bonds. The summed E-state index contributed by atoms with van der Waals surface area (Å²) in [6.45, 7) is 1.54. The summed E-state index contributed by atoms with van der Waals surface area (Å²) in [7, 11) is 1.55. The van der Waals surface area contributed by atoms with Crippen LogP contribution in [0.25, 0.3) is 10.8 Å². The summed E-state index contributed by atoms with van der Waals surface area (Å²) >= 11 is 3.39. The molecule has 1 unspecified atom stereocenters. The lowest BCUT2D eigenvalue weighted by Crippen LogP contribution is -2.34. The monoisotopic (exact) mass is 421 g/mol. The number of allylic oxidation sites excluding steroid dienone is 1. The largest absolute Gasteiger partial charge is 0.405 e. The van der Waals surface area contributed by atoms with E-state index in [4.69, 9.17) is 16.2 Å². The number of nitrogens with zero attached hydrogens (tertiary/aromatic N) is 2. The smallest absolute Gasteiger partial charge is 0.275 e. The highest BCUT2D eigenvalue weighted by Crippen LogP contribution is 2.24. The summed E-state index contributed by atoms with van der Waals surface area (Å²) in [6.07, 6.45) is 3.52. The highest BCUT2D eigenvalue weighted by Gasteiger charge is 2.17. The van der Waals surface area contributed by atoms with Crippen molar-refractivity contribution >= 4 is 32.6 Å². The summed E-state index contributed by atoms with van der Waals surface area (Å²) in [5, 5.41) is 8.01. The van der Waals surface area contributed by atoms with Gasteiger partial charge in [-0.05, 0) is 37.4 Å². The van der Waals surface area contributed by atoms with Crippen LogP contribution < -0.4 is 22.3 Å². The number of carbonyl (C=O) groups is 1. The minimum atomic E-state index is -0.457. The van der Waals surface area contributed by atoms with Gasteiger partial charge < -0.3 is 21.5 Å². The van der Waals surface area contributed by atoms with E-state index in [-0.39, 0.29) is 18.2 Å². The Bertz CT molecular complexity index is 936. The van der Waals surface area contributed by atoms with Gasteiger partial charge in [-0.25, -0.2) is 4.68 Å². The number of rotatable bonds is 6. The number of nitrogens with two attached hydrogens (primary N) is 2. The van der Waals surface area contributed by atoms with Crippen molar-refractivity contribution in [2.45, 2.75) is 19.6 Å². The van der Waals surface area contributed by atoms with Crippen molar-refractivity contribution in [2.75, 3.05) is 7.11 Å². The number of hydrogen-bond acceptors (Lipinski definition) is 6. The molecule has 1 atom stereocenters. The molecule has 0 spiro atoms. The first-order chi connectivity index (χ1) is 12.4. The van der Waals surface area contributed by atoms with Crippen molar-refractivity contribution in [3.05, 3.63) is 62.9 Å². The minimum Gasteiger partial charge on any atom is -0.405 e. The normalized spacial score (nSPS) is 13.3. The first kappa shape index (κ1) is 19.7. The zero-order chi connectivity index (χ0) is 19.3.